The molecule has 0 spiro atoms. The van der Waals surface area contributed by atoms with E-state index in [9.17, 15) is 19.6 Å². The molecule has 2 saturated heterocycles. The fourth-order valence-corrected chi connectivity index (χ4v) is 6.09. The Hall–Kier alpha value is -2.32. The summed E-state index contributed by atoms with van der Waals surface area (Å²) in [5.41, 5.74) is 4.14. The standard InChI is InChI=1S/C22H26ClN4O9P/c1-22(30)17(28)15(35-20(22)27-7-6-13-18(27)25-21(24)26-19(13)29)10-34-37(31)33-9-14(32-2)16(36-37)11-4-3-5-12(23)8-11/h3-8,14-17,20,28,30H,9-10H2,1-2H3,(H3,24,25,26,29)/t14-,15-,16-,17-,20-,22-,37?/m1/s1. The van der Waals surface area contributed by atoms with Gasteiger partial charge < -0.3 is 30.0 Å². The second-order valence-corrected chi connectivity index (χ2v) is 11.1. The summed E-state index contributed by atoms with van der Waals surface area (Å²) in [7, 11) is -2.66. The van der Waals surface area contributed by atoms with Crippen LogP contribution in [0.25, 0.3) is 11.0 Å². The highest BCUT2D eigenvalue weighted by Crippen LogP contribution is 2.58. The van der Waals surface area contributed by atoms with Crippen LogP contribution in [0.3, 0.4) is 0 Å². The number of aliphatic hydroxyl groups is 2. The zero-order valence-electron chi connectivity index (χ0n) is 19.8. The van der Waals surface area contributed by atoms with Gasteiger partial charge in [0.2, 0.25) is 5.95 Å². The number of halogens is 1. The molecule has 5 rings (SSSR count). The Labute approximate surface area is 215 Å². The minimum absolute atomic E-state index is 0.0869. The molecule has 0 bridgehead atoms. The second-order valence-electron chi connectivity index (χ2n) is 9.00. The third-order valence-corrected chi connectivity index (χ3v) is 8.11. The van der Waals surface area contributed by atoms with Crippen LogP contribution in [0.15, 0.2) is 41.3 Å². The zero-order valence-corrected chi connectivity index (χ0v) is 21.5. The molecule has 5 N–H and O–H groups in total. The summed E-state index contributed by atoms with van der Waals surface area (Å²) < 4.78 is 42.6. The Morgan fingerprint density at radius 3 is 2.92 bits per heavy atom. The number of rotatable bonds is 6. The van der Waals surface area contributed by atoms with Gasteiger partial charge in [-0.05, 0) is 30.7 Å². The highest BCUT2D eigenvalue weighted by molar-refractivity contribution is 7.48. The number of aliphatic hydroxyl groups excluding tert-OH is 1. The van der Waals surface area contributed by atoms with E-state index in [1.807, 2.05) is 0 Å². The van der Waals surface area contributed by atoms with E-state index >= 15 is 0 Å². The number of nitrogens with zero attached hydrogens (tertiary/aromatic N) is 2. The summed E-state index contributed by atoms with van der Waals surface area (Å²) in [6.07, 6.45) is -3.67. The Bertz CT molecular complexity index is 1410. The SMILES string of the molecule is CO[C@@H]1COP(=O)(OC[C@H]2O[C@@H](n3ccc4c(=O)[nH]c(N)nc43)[C@](C)(O)[C@@H]2O)O[C@@H]1c1cccc(Cl)c1. The molecule has 13 nitrogen and oxygen atoms in total. The maximum absolute atomic E-state index is 13.3. The fraction of sp³-hybridized carbons (Fsp3) is 0.455. The summed E-state index contributed by atoms with van der Waals surface area (Å²) in [5.74, 6) is -0.121. The van der Waals surface area contributed by atoms with E-state index in [-0.39, 0.29) is 23.6 Å². The molecule has 0 radical (unpaired) electrons. The van der Waals surface area contributed by atoms with Crippen LogP contribution >= 0.6 is 19.4 Å². The molecule has 2 fully saturated rings. The summed E-state index contributed by atoms with van der Waals surface area (Å²) in [6.45, 7) is 0.829. The molecule has 0 aliphatic carbocycles. The molecule has 3 aromatic rings. The number of nitrogens with two attached hydrogens (primary N) is 1. The third kappa shape index (κ3) is 4.83. The number of anilines is 1. The molecule has 0 amide bonds. The van der Waals surface area contributed by atoms with Gasteiger partial charge in [-0.3, -0.25) is 23.3 Å². The number of ether oxygens (including phenoxy) is 2. The van der Waals surface area contributed by atoms with Crippen LogP contribution < -0.4 is 11.3 Å². The van der Waals surface area contributed by atoms with Gasteiger partial charge in [0, 0.05) is 18.3 Å². The lowest BCUT2D eigenvalue weighted by Gasteiger charge is -2.35. The van der Waals surface area contributed by atoms with Gasteiger partial charge in [0.05, 0.1) is 18.6 Å². The van der Waals surface area contributed by atoms with Crippen molar-refractivity contribution in [3.8, 4) is 0 Å². The lowest BCUT2D eigenvalue weighted by atomic mass is 9.96. The minimum atomic E-state index is -4.13. The molecule has 1 aromatic carbocycles. The quantitative estimate of drug-likeness (QED) is 0.325. The molecule has 2 aliphatic heterocycles. The van der Waals surface area contributed by atoms with Crippen LogP contribution in [0, 0.1) is 0 Å². The number of benzene rings is 1. The van der Waals surface area contributed by atoms with Gasteiger partial charge in [-0.15, -0.1) is 0 Å². The van der Waals surface area contributed by atoms with E-state index < -0.39 is 56.2 Å². The van der Waals surface area contributed by atoms with Crippen molar-refractivity contribution in [1.29, 1.82) is 0 Å². The van der Waals surface area contributed by atoms with Gasteiger partial charge in [0.25, 0.3) is 5.56 Å². The number of phosphoric ester groups is 1. The number of H-pyrrole nitrogens is 1. The number of phosphoric acid groups is 1. The van der Waals surface area contributed by atoms with Crippen molar-refractivity contribution in [3.05, 3.63) is 57.5 Å². The van der Waals surface area contributed by atoms with E-state index in [0.717, 1.165) is 0 Å². The fourth-order valence-electron chi connectivity index (χ4n) is 4.50. The largest absolute Gasteiger partial charge is 0.475 e. The molecule has 0 saturated carbocycles. The number of aromatic amines is 1. The highest BCUT2D eigenvalue weighted by atomic mass is 35.5. The predicted molar refractivity (Wildman–Crippen MR) is 131 cm³/mol. The first-order valence-corrected chi connectivity index (χ1v) is 13.1. The Balaban J connectivity index is 1.34. The number of aromatic nitrogens is 3. The van der Waals surface area contributed by atoms with Gasteiger partial charge in [-0.25, -0.2) is 4.57 Å². The minimum Gasteiger partial charge on any atom is -0.387 e. The molecule has 4 heterocycles. The van der Waals surface area contributed by atoms with Gasteiger partial charge in [-0.1, -0.05) is 23.7 Å². The molecule has 2 aliphatic rings. The molecule has 7 atom stereocenters. The van der Waals surface area contributed by atoms with Crippen LogP contribution in [-0.4, -0.2) is 69.0 Å². The number of methoxy groups -OCH3 is 1. The normalized spacial score (nSPS) is 34.2. The average Bonchev–Trinajstić information content (AvgIpc) is 3.36. The smallest absolute Gasteiger partial charge is 0.387 e. The second kappa shape index (κ2) is 9.77. The first-order chi connectivity index (χ1) is 17.5. The summed E-state index contributed by atoms with van der Waals surface area (Å²) in [4.78, 5) is 18.7. The van der Waals surface area contributed by atoms with Gasteiger partial charge in [0.15, 0.2) is 11.9 Å². The monoisotopic (exact) mass is 556 g/mol. The molecule has 15 heteroatoms. The van der Waals surface area contributed by atoms with Gasteiger partial charge in [0.1, 0.15) is 30.0 Å². The molecule has 37 heavy (non-hydrogen) atoms. The average molecular weight is 557 g/mol. The Kier molecular flexibility index (Phi) is 6.94. The lowest BCUT2D eigenvalue weighted by molar-refractivity contribution is -0.0990. The maximum atomic E-state index is 13.3. The van der Waals surface area contributed by atoms with Crippen molar-refractivity contribution in [2.24, 2.45) is 0 Å². The summed E-state index contributed by atoms with van der Waals surface area (Å²) in [5, 5.41) is 22.6. The van der Waals surface area contributed by atoms with E-state index in [1.54, 1.807) is 24.3 Å². The summed E-state index contributed by atoms with van der Waals surface area (Å²) >= 11 is 6.10. The van der Waals surface area contributed by atoms with Crippen LogP contribution in [0.2, 0.25) is 5.02 Å². The number of fused-ring (bicyclic) bond motifs is 1. The van der Waals surface area contributed by atoms with E-state index in [1.165, 1.54) is 30.9 Å². The highest BCUT2D eigenvalue weighted by Gasteiger charge is 2.54. The van der Waals surface area contributed by atoms with Crippen molar-refractivity contribution in [2.75, 3.05) is 26.1 Å². The van der Waals surface area contributed by atoms with Crippen LogP contribution in [0.5, 0.6) is 0 Å². The van der Waals surface area contributed by atoms with Crippen molar-refractivity contribution in [3.63, 3.8) is 0 Å². The molecule has 1 unspecified atom stereocenters. The van der Waals surface area contributed by atoms with Crippen LogP contribution in [-0.2, 0) is 27.6 Å². The topological polar surface area (TPSA) is 180 Å². The molecular formula is C22H26ClN4O9P. The van der Waals surface area contributed by atoms with E-state index in [4.69, 9.17) is 40.4 Å². The predicted octanol–water partition coefficient (Wildman–Crippen LogP) is 1.90. The maximum Gasteiger partial charge on any atom is 0.475 e. The number of nitrogens with one attached hydrogen (secondary N) is 1. The third-order valence-electron chi connectivity index (χ3n) is 6.46. The van der Waals surface area contributed by atoms with E-state index in [2.05, 4.69) is 9.97 Å². The van der Waals surface area contributed by atoms with Crippen molar-refractivity contribution in [1.82, 2.24) is 14.5 Å². The summed E-state index contributed by atoms with van der Waals surface area (Å²) in [6, 6.07) is 8.31. The first-order valence-electron chi connectivity index (χ1n) is 11.3. The zero-order chi connectivity index (χ0) is 26.5. The number of hydrogen-bond acceptors (Lipinski definition) is 11. The van der Waals surface area contributed by atoms with Crippen molar-refractivity contribution >= 4 is 36.4 Å². The Morgan fingerprint density at radius 2 is 2.19 bits per heavy atom. The van der Waals surface area contributed by atoms with Gasteiger partial charge in [-0.2, -0.15) is 4.98 Å². The van der Waals surface area contributed by atoms with Crippen molar-refractivity contribution in [2.45, 2.75) is 43.2 Å². The van der Waals surface area contributed by atoms with Crippen molar-refractivity contribution < 1.29 is 37.8 Å². The number of nitrogen functional groups attached to an aromatic ring is 1. The van der Waals surface area contributed by atoms with Crippen LogP contribution in [0.4, 0.5) is 5.95 Å². The van der Waals surface area contributed by atoms with Crippen LogP contribution in [0.1, 0.15) is 24.8 Å². The number of hydrogen-bond donors (Lipinski definition) is 4. The van der Waals surface area contributed by atoms with E-state index in [0.29, 0.717) is 10.6 Å². The molecular weight excluding hydrogens is 531 g/mol. The molecule has 200 valence electrons. The molecule has 2 aromatic heterocycles. The van der Waals surface area contributed by atoms with Gasteiger partial charge >= 0.3 is 7.82 Å². The lowest BCUT2D eigenvalue weighted by Crippen LogP contribution is -2.44. The Morgan fingerprint density at radius 1 is 1.41 bits per heavy atom. The first kappa shape index (κ1) is 26.3.